The highest BCUT2D eigenvalue weighted by molar-refractivity contribution is 6.13. The molecular weight excluding hydrogens is 364 g/mol. The Balaban J connectivity index is 1.55. The van der Waals surface area contributed by atoms with Crippen molar-refractivity contribution in [1.82, 2.24) is 0 Å². The third-order valence-corrected chi connectivity index (χ3v) is 6.21. The van der Waals surface area contributed by atoms with Crippen LogP contribution in [0, 0.1) is 6.92 Å². The molecule has 5 aromatic rings. The van der Waals surface area contributed by atoms with Gasteiger partial charge in [-0.1, -0.05) is 90.5 Å². The van der Waals surface area contributed by atoms with E-state index in [4.69, 9.17) is 4.42 Å². The van der Waals surface area contributed by atoms with Gasteiger partial charge >= 0.3 is 0 Å². The Morgan fingerprint density at radius 3 is 2.13 bits per heavy atom. The van der Waals surface area contributed by atoms with Crippen LogP contribution >= 0.6 is 0 Å². The standard InChI is InChI=1S/C29H22O/c1-19-10-12-20(13-11-19)21-14-16-22(17-15-21)26-18-27-24-7-4-5-9-28(24)30-29(27)25-8-3-2-6-23(25)26/h2-4,6-8,10-18H,5,9H2,1H3. The van der Waals surface area contributed by atoms with Crippen LogP contribution in [0.1, 0.15) is 23.3 Å². The molecule has 0 saturated carbocycles. The number of fused-ring (bicyclic) bond motifs is 5. The maximum Gasteiger partial charge on any atom is 0.142 e. The first-order valence-corrected chi connectivity index (χ1v) is 10.6. The van der Waals surface area contributed by atoms with Gasteiger partial charge in [0.1, 0.15) is 11.3 Å². The Kier molecular flexibility index (Phi) is 3.89. The minimum absolute atomic E-state index is 0.982. The third kappa shape index (κ3) is 2.70. The first-order valence-electron chi connectivity index (χ1n) is 10.6. The number of allylic oxidation sites excluding steroid dienone is 1. The van der Waals surface area contributed by atoms with Crippen LogP contribution in [-0.2, 0) is 6.42 Å². The van der Waals surface area contributed by atoms with Gasteiger partial charge in [-0.05, 0) is 47.1 Å². The van der Waals surface area contributed by atoms with E-state index in [1.807, 2.05) is 0 Å². The van der Waals surface area contributed by atoms with Gasteiger partial charge in [-0.3, -0.25) is 0 Å². The summed E-state index contributed by atoms with van der Waals surface area (Å²) in [6.07, 6.45) is 6.51. The lowest BCUT2D eigenvalue weighted by Crippen LogP contribution is -1.88. The van der Waals surface area contributed by atoms with E-state index in [2.05, 4.69) is 97.9 Å². The SMILES string of the molecule is Cc1ccc(-c2ccc(-c3cc4c5c(oc4c4ccccc34)CCC=C5)cc2)cc1. The summed E-state index contributed by atoms with van der Waals surface area (Å²) in [7, 11) is 0. The fraction of sp³-hybridized carbons (Fsp3) is 0.103. The second kappa shape index (κ2) is 6.74. The van der Waals surface area contributed by atoms with Crippen molar-refractivity contribution >= 4 is 27.8 Å². The second-order valence-corrected chi connectivity index (χ2v) is 8.17. The Morgan fingerprint density at radius 1 is 0.700 bits per heavy atom. The van der Waals surface area contributed by atoms with E-state index >= 15 is 0 Å². The van der Waals surface area contributed by atoms with Crippen LogP contribution in [-0.4, -0.2) is 0 Å². The van der Waals surface area contributed by atoms with Gasteiger partial charge in [-0.15, -0.1) is 0 Å². The monoisotopic (exact) mass is 386 g/mol. The largest absolute Gasteiger partial charge is 0.460 e. The van der Waals surface area contributed by atoms with E-state index in [-0.39, 0.29) is 0 Å². The maximum atomic E-state index is 6.33. The predicted molar refractivity (Wildman–Crippen MR) is 127 cm³/mol. The van der Waals surface area contributed by atoms with Gasteiger partial charge in [0.2, 0.25) is 0 Å². The number of furan rings is 1. The molecular formula is C29H22O. The van der Waals surface area contributed by atoms with Crippen molar-refractivity contribution in [2.45, 2.75) is 19.8 Å². The van der Waals surface area contributed by atoms with Crippen molar-refractivity contribution in [2.24, 2.45) is 0 Å². The normalized spacial score (nSPS) is 13.1. The molecule has 0 aliphatic heterocycles. The molecule has 1 aliphatic rings. The van der Waals surface area contributed by atoms with E-state index < -0.39 is 0 Å². The molecule has 0 saturated heterocycles. The molecule has 0 spiro atoms. The molecule has 4 aromatic carbocycles. The molecule has 0 bridgehead atoms. The summed E-state index contributed by atoms with van der Waals surface area (Å²) in [5.74, 6) is 1.12. The molecule has 1 aromatic heterocycles. The van der Waals surface area contributed by atoms with Crippen molar-refractivity contribution in [3.8, 4) is 22.3 Å². The van der Waals surface area contributed by atoms with Crippen LogP contribution in [0.4, 0.5) is 0 Å². The van der Waals surface area contributed by atoms with Crippen LogP contribution < -0.4 is 0 Å². The molecule has 0 unspecified atom stereocenters. The summed E-state index contributed by atoms with van der Waals surface area (Å²) >= 11 is 0. The van der Waals surface area contributed by atoms with Crippen LogP contribution in [0.25, 0.3) is 50.1 Å². The predicted octanol–water partition coefficient (Wildman–Crippen LogP) is 8.19. The molecule has 30 heavy (non-hydrogen) atoms. The van der Waals surface area contributed by atoms with Crippen molar-refractivity contribution in [2.75, 3.05) is 0 Å². The van der Waals surface area contributed by atoms with Crippen molar-refractivity contribution in [3.05, 3.63) is 102 Å². The molecule has 144 valence electrons. The Labute approximate surface area is 176 Å². The highest BCUT2D eigenvalue weighted by atomic mass is 16.3. The topological polar surface area (TPSA) is 13.1 Å². The molecule has 6 rings (SSSR count). The van der Waals surface area contributed by atoms with E-state index in [1.54, 1.807) is 0 Å². The average molecular weight is 386 g/mol. The van der Waals surface area contributed by atoms with Gasteiger partial charge in [0.25, 0.3) is 0 Å². The number of hydrogen-bond donors (Lipinski definition) is 0. The lowest BCUT2D eigenvalue weighted by atomic mass is 9.93. The summed E-state index contributed by atoms with van der Waals surface area (Å²) in [6, 6.07) is 28.6. The number of rotatable bonds is 2. The minimum Gasteiger partial charge on any atom is -0.460 e. The summed E-state index contributed by atoms with van der Waals surface area (Å²) < 4.78 is 6.33. The zero-order valence-electron chi connectivity index (χ0n) is 17.0. The summed E-state index contributed by atoms with van der Waals surface area (Å²) in [5.41, 5.74) is 8.54. The second-order valence-electron chi connectivity index (χ2n) is 8.17. The van der Waals surface area contributed by atoms with Gasteiger partial charge < -0.3 is 4.42 Å². The fourth-order valence-corrected chi connectivity index (χ4v) is 4.60. The summed E-state index contributed by atoms with van der Waals surface area (Å²) in [6.45, 7) is 2.12. The molecule has 1 heterocycles. The molecule has 0 N–H and O–H groups in total. The van der Waals surface area contributed by atoms with Crippen molar-refractivity contribution in [1.29, 1.82) is 0 Å². The van der Waals surface area contributed by atoms with Gasteiger partial charge in [0.05, 0.1) is 0 Å². The first kappa shape index (κ1) is 17.3. The van der Waals surface area contributed by atoms with Crippen LogP contribution in [0.3, 0.4) is 0 Å². The van der Waals surface area contributed by atoms with E-state index in [9.17, 15) is 0 Å². The summed E-state index contributed by atoms with van der Waals surface area (Å²) in [4.78, 5) is 0. The zero-order chi connectivity index (χ0) is 20.1. The van der Waals surface area contributed by atoms with E-state index in [1.165, 1.54) is 49.5 Å². The van der Waals surface area contributed by atoms with Gasteiger partial charge in [-0.2, -0.15) is 0 Å². The van der Waals surface area contributed by atoms with E-state index in [0.717, 1.165) is 24.2 Å². The summed E-state index contributed by atoms with van der Waals surface area (Å²) in [5, 5.41) is 3.65. The number of benzene rings is 4. The number of aryl methyl sites for hydroxylation is 2. The maximum absolute atomic E-state index is 6.33. The van der Waals surface area contributed by atoms with Crippen LogP contribution in [0.15, 0.2) is 89.4 Å². The molecule has 0 fully saturated rings. The lowest BCUT2D eigenvalue weighted by molar-refractivity contribution is 0.549. The Hall–Kier alpha value is -3.58. The quantitative estimate of drug-likeness (QED) is 0.298. The van der Waals surface area contributed by atoms with Gasteiger partial charge in [0, 0.05) is 22.8 Å². The third-order valence-electron chi connectivity index (χ3n) is 6.21. The van der Waals surface area contributed by atoms with Crippen LogP contribution in [0.2, 0.25) is 0 Å². The van der Waals surface area contributed by atoms with Gasteiger partial charge in [0.15, 0.2) is 0 Å². The van der Waals surface area contributed by atoms with E-state index in [0.29, 0.717) is 0 Å². The molecule has 0 radical (unpaired) electrons. The molecule has 0 amide bonds. The molecule has 1 heteroatoms. The zero-order valence-corrected chi connectivity index (χ0v) is 17.0. The highest BCUT2D eigenvalue weighted by Crippen LogP contribution is 2.40. The molecule has 1 nitrogen and oxygen atoms in total. The Morgan fingerprint density at radius 2 is 1.37 bits per heavy atom. The minimum atomic E-state index is 0.982. The number of hydrogen-bond acceptors (Lipinski definition) is 1. The first-order chi connectivity index (χ1) is 14.8. The molecule has 0 atom stereocenters. The average Bonchev–Trinajstić information content (AvgIpc) is 3.18. The van der Waals surface area contributed by atoms with Crippen LogP contribution in [0.5, 0.6) is 0 Å². The van der Waals surface area contributed by atoms with Crippen molar-refractivity contribution in [3.63, 3.8) is 0 Å². The van der Waals surface area contributed by atoms with Crippen molar-refractivity contribution < 1.29 is 4.42 Å². The Bertz CT molecular complexity index is 1410. The smallest absolute Gasteiger partial charge is 0.142 e. The highest BCUT2D eigenvalue weighted by Gasteiger charge is 2.18. The van der Waals surface area contributed by atoms with Gasteiger partial charge in [-0.25, -0.2) is 0 Å². The lowest BCUT2D eigenvalue weighted by Gasteiger charge is -2.10. The fourth-order valence-electron chi connectivity index (χ4n) is 4.60. The molecule has 1 aliphatic carbocycles.